The van der Waals surface area contributed by atoms with Crippen LogP contribution in [0, 0.1) is 0 Å². The first-order valence-electron chi connectivity index (χ1n) is 7.55. The zero-order valence-corrected chi connectivity index (χ0v) is 14.1. The van der Waals surface area contributed by atoms with Crippen molar-refractivity contribution in [3.8, 4) is 11.5 Å². The van der Waals surface area contributed by atoms with Crippen molar-refractivity contribution in [1.82, 2.24) is 0 Å². The Kier molecular flexibility index (Phi) is 4.43. The van der Waals surface area contributed by atoms with Crippen molar-refractivity contribution in [2.24, 2.45) is 0 Å². The maximum atomic E-state index is 12.4. The van der Waals surface area contributed by atoms with Crippen LogP contribution >= 0.6 is 0 Å². The molecule has 0 unspecified atom stereocenters. The number of fused-ring (bicyclic) bond motifs is 1. The van der Waals surface area contributed by atoms with Gasteiger partial charge in [-0.1, -0.05) is 6.07 Å². The molecule has 2 aromatic carbocycles. The predicted octanol–water partition coefficient (Wildman–Crippen LogP) is 2.98. The van der Waals surface area contributed by atoms with Gasteiger partial charge in [0, 0.05) is 22.4 Å². The Balaban J connectivity index is 2.07. The zero-order valence-electron chi connectivity index (χ0n) is 14.1. The standard InChI is InChI=1S/C19H17NO5/c1-23-13-5-7-17(24-2)12(8-13)9-15-14-6-4-11(19(22)25-3)10-16(14)20-18(15)21/h4-10H,1-3H3,(H,20,21). The molecule has 0 aromatic heterocycles. The number of benzene rings is 2. The third-order valence-corrected chi connectivity index (χ3v) is 3.96. The molecule has 0 saturated carbocycles. The number of carbonyl (C=O) groups is 2. The molecule has 1 heterocycles. The fraction of sp³-hybridized carbons (Fsp3) is 0.158. The van der Waals surface area contributed by atoms with Crippen LogP contribution in [0.3, 0.4) is 0 Å². The van der Waals surface area contributed by atoms with E-state index in [2.05, 4.69) is 5.32 Å². The lowest BCUT2D eigenvalue weighted by atomic mass is 10.0. The molecule has 0 fully saturated rings. The molecule has 0 radical (unpaired) electrons. The Labute approximate surface area is 145 Å². The maximum absolute atomic E-state index is 12.4. The summed E-state index contributed by atoms with van der Waals surface area (Å²) in [5, 5.41) is 2.77. The van der Waals surface area contributed by atoms with Crippen LogP contribution in [0.15, 0.2) is 36.4 Å². The Morgan fingerprint density at radius 1 is 1.04 bits per heavy atom. The molecule has 6 nitrogen and oxygen atoms in total. The summed E-state index contributed by atoms with van der Waals surface area (Å²) in [6, 6.07) is 10.3. The van der Waals surface area contributed by atoms with Gasteiger partial charge in [0.05, 0.1) is 26.9 Å². The molecule has 3 rings (SSSR count). The fourth-order valence-corrected chi connectivity index (χ4v) is 2.69. The van der Waals surface area contributed by atoms with Crippen molar-refractivity contribution < 1.29 is 23.8 Å². The Morgan fingerprint density at radius 3 is 2.52 bits per heavy atom. The number of esters is 1. The summed E-state index contributed by atoms with van der Waals surface area (Å²) < 4.78 is 15.3. The topological polar surface area (TPSA) is 73.9 Å². The van der Waals surface area contributed by atoms with Gasteiger partial charge in [-0.3, -0.25) is 4.79 Å². The van der Waals surface area contributed by atoms with Crippen molar-refractivity contribution in [2.75, 3.05) is 26.6 Å². The number of ether oxygens (including phenoxy) is 3. The van der Waals surface area contributed by atoms with Gasteiger partial charge in [0.1, 0.15) is 11.5 Å². The summed E-state index contributed by atoms with van der Waals surface area (Å²) in [5.74, 6) is 0.582. The van der Waals surface area contributed by atoms with E-state index in [1.165, 1.54) is 7.11 Å². The van der Waals surface area contributed by atoms with E-state index in [4.69, 9.17) is 14.2 Å². The second-order valence-electron chi connectivity index (χ2n) is 5.37. The number of methoxy groups -OCH3 is 3. The summed E-state index contributed by atoms with van der Waals surface area (Å²) in [6.45, 7) is 0. The van der Waals surface area contributed by atoms with Crippen molar-refractivity contribution in [1.29, 1.82) is 0 Å². The SMILES string of the molecule is COC(=O)c1ccc2c(c1)NC(=O)C2=Cc1cc(OC)ccc1OC. The molecule has 0 spiro atoms. The molecule has 0 atom stereocenters. The third-order valence-electron chi connectivity index (χ3n) is 3.96. The van der Waals surface area contributed by atoms with Gasteiger partial charge >= 0.3 is 5.97 Å². The van der Waals surface area contributed by atoms with Gasteiger partial charge in [0.25, 0.3) is 5.91 Å². The smallest absolute Gasteiger partial charge is 0.337 e. The molecule has 1 aliphatic heterocycles. The number of amides is 1. The second-order valence-corrected chi connectivity index (χ2v) is 5.37. The van der Waals surface area contributed by atoms with E-state index in [0.29, 0.717) is 33.9 Å². The number of rotatable bonds is 4. The first-order valence-corrected chi connectivity index (χ1v) is 7.55. The molecule has 2 aromatic rings. The lowest BCUT2D eigenvalue weighted by Crippen LogP contribution is -2.04. The Morgan fingerprint density at radius 2 is 1.84 bits per heavy atom. The van der Waals surface area contributed by atoms with E-state index >= 15 is 0 Å². The van der Waals surface area contributed by atoms with Gasteiger partial charge in [-0.2, -0.15) is 0 Å². The first-order chi connectivity index (χ1) is 12.1. The molecular formula is C19H17NO5. The maximum Gasteiger partial charge on any atom is 0.337 e. The van der Waals surface area contributed by atoms with Crippen LogP contribution in [-0.4, -0.2) is 33.2 Å². The Hall–Kier alpha value is -3.28. The average molecular weight is 339 g/mol. The highest BCUT2D eigenvalue weighted by molar-refractivity contribution is 6.35. The number of hydrogen-bond donors (Lipinski definition) is 1. The van der Waals surface area contributed by atoms with E-state index < -0.39 is 5.97 Å². The third kappa shape index (κ3) is 3.06. The molecule has 0 aliphatic carbocycles. The summed E-state index contributed by atoms with van der Waals surface area (Å²) in [7, 11) is 4.45. The number of nitrogens with one attached hydrogen (secondary N) is 1. The molecule has 0 saturated heterocycles. The number of hydrogen-bond acceptors (Lipinski definition) is 5. The van der Waals surface area contributed by atoms with E-state index in [1.807, 2.05) is 0 Å². The van der Waals surface area contributed by atoms with Gasteiger partial charge in [0.2, 0.25) is 0 Å². The molecule has 6 heteroatoms. The molecule has 128 valence electrons. The summed E-state index contributed by atoms with van der Waals surface area (Å²) in [4.78, 5) is 24.0. The minimum atomic E-state index is -0.455. The highest BCUT2D eigenvalue weighted by atomic mass is 16.5. The zero-order chi connectivity index (χ0) is 18.0. The van der Waals surface area contributed by atoms with Gasteiger partial charge in [-0.05, 0) is 36.4 Å². The highest BCUT2D eigenvalue weighted by Gasteiger charge is 2.25. The average Bonchev–Trinajstić information content (AvgIpc) is 2.95. The lowest BCUT2D eigenvalue weighted by Gasteiger charge is -2.08. The molecule has 1 N–H and O–H groups in total. The first kappa shape index (κ1) is 16.6. The molecular weight excluding hydrogens is 322 g/mol. The molecule has 1 amide bonds. The monoisotopic (exact) mass is 339 g/mol. The van der Waals surface area contributed by atoms with Gasteiger partial charge in [0.15, 0.2) is 0 Å². The second kappa shape index (κ2) is 6.68. The largest absolute Gasteiger partial charge is 0.497 e. The predicted molar refractivity (Wildman–Crippen MR) is 93.8 cm³/mol. The van der Waals surface area contributed by atoms with Crippen LogP contribution in [0.25, 0.3) is 11.6 Å². The number of anilines is 1. The van der Waals surface area contributed by atoms with E-state index in [-0.39, 0.29) is 5.91 Å². The summed E-state index contributed by atoms with van der Waals surface area (Å²) in [6.07, 6.45) is 1.74. The van der Waals surface area contributed by atoms with Crippen molar-refractivity contribution in [3.63, 3.8) is 0 Å². The van der Waals surface area contributed by atoms with Gasteiger partial charge in [-0.25, -0.2) is 4.79 Å². The van der Waals surface area contributed by atoms with Crippen LogP contribution in [-0.2, 0) is 9.53 Å². The molecule has 25 heavy (non-hydrogen) atoms. The van der Waals surface area contributed by atoms with Gasteiger partial charge < -0.3 is 19.5 Å². The van der Waals surface area contributed by atoms with E-state index in [9.17, 15) is 9.59 Å². The quantitative estimate of drug-likeness (QED) is 0.685. The van der Waals surface area contributed by atoms with Crippen LogP contribution in [0.1, 0.15) is 21.5 Å². The van der Waals surface area contributed by atoms with Crippen molar-refractivity contribution in [3.05, 3.63) is 53.1 Å². The van der Waals surface area contributed by atoms with E-state index in [1.54, 1.807) is 56.7 Å². The fourth-order valence-electron chi connectivity index (χ4n) is 2.69. The normalized spacial score (nSPS) is 14.0. The van der Waals surface area contributed by atoms with Crippen LogP contribution in [0.4, 0.5) is 5.69 Å². The minimum Gasteiger partial charge on any atom is -0.497 e. The molecule has 1 aliphatic rings. The Bertz CT molecular complexity index is 885. The van der Waals surface area contributed by atoms with Gasteiger partial charge in [-0.15, -0.1) is 0 Å². The lowest BCUT2D eigenvalue weighted by molar-refractivity contribution is -0.110. The number of carbonyl (C=O) groups excluding carboxylic acids is 2. The summed E-state index contributed by atoms with van der Waals surface area (Å²) in [5.41, 5.74) is 2.86. The van der Waals surface area contributed by atoms with Crippen LogP contribution < -0.4 is 14.8 Å². The van der Waals surface area contributed by atoms with Crippen molar-refractivity contribution in [2.45, 2.75) is 0 Å². The summed E-state index contributed by atoms with van der Waals surface area (Å²) >= 11 is 0. The highest BCUT2D eigenvalue weighted by Crippen LogP contribution is 2.36. The molecule has 0 bridgehead atoms. The van der Waals surface area contributed by atoms with Crippen LogP contribution in [0.5, 0.6) is 11.5 Å². The van der Waals surface area contributed by atoms with E-state index in [0.717, 1.165) is 5.56 Å². The van der Waals surface area contributed by atoms with Crippen LogP contribution in [0.2, 0.25) is 0 Å². The van der Waals surface area contributed by atoms with Crippen molar-refractivity contribution >= 4 is 29.2 Å². The minimum absolute atomic E-state index is 0.248.